The van der Waals surface area contributed by atoms with Crippen molar-refractivity contribution in [3.8, 4) is 0 Å². The highest BCUT2D eigenvalue weighted by Gasteiger charge is 2.43. The van der Waals surface area contributed by atoms with Crippen molar-refractivity contribution in [1.29, 1.82) is 0 Å². The van der Waals surface area contributed by atoms with Crippen molar-refractivity contribution < 1.29 is 4.74 Å². The average molecular weight is 457 g/mol. The molecule has 2 fully saturated rings. The summed E-state index contributed by atoms with van der Waals surface area (Å²) in [6.45, 7) is 7.87. The van der Waals surface area contributed by atoms with Gasteiger partial charge in [-0.25, -0.2) is 4.90 Å². The minimum absolute atomic E-state index is 0.132. The lowest BCUT2D eigenvalue weighted by molar-refractivity contribution is 0.00328. The highest BCUT2D eigenvalue weighted by atomic mass is 35.5. The molecule has 164 valence electrons. The van der Waals surface area contributed by atoms with Crippen LogP contribution >= 0.6 is 22.1 Å². The molecule has 4 heterocycles. The SMILES string of the molecule is CS1=C2C(=CN(c3ccccc3Cl)CC3N(CN4CCOCC4)CCN23)C2=C1C=CC2. The molecule has 1 aromatic rings. The third kappa shape index (κ3) is 3.45. The van der Waals surface area contributed by atoms with Gasteiger partial charge in [-0.05, 0) is 30.4 Å². The van der Waals surface area contributed by atoms with Gasteiger partial charge in [-0.1, -0.05) is 35.9 Å². The number of fused-ring (bicyclic) bond motifs is 4. The Morgan fingerprint density at radius 2 is 1.97 bits per heavy atom. The molecule has 0 saturated carbocycles. The smallest absolute Gasteiger partial charge is 0.0864 e. The Labute approximate surface area is 192 Å². The van der Waals surface area contributed by atoms with Crippen molar-refractivity contribution in [3.63, 3.8) is 0 Å². The molecule has 1 aliphatic carbocycles. The Morgan fingerprint density at radius 1 is 1.13 bits per heavy atom. The fourth-order valence-corrected chi connectivity index (χ4v) is 7.85. The first-order valence-electron chi connectivity index (χ1n) is 11.2. The van der Waals surface area contributed by atoms with Crippen LogP contribution in [0.5, 0.6) is 0 Å². The van der Waals surface area contributed by atoms with Crippen molar-refractivity contribution in [2.24, 2.45) is 0 Å². The quantitative estimate of drug-likeness (QED) is 0.647. The second-order valence-electron chi connectivity index (χ2n) is 8.77. The lowest BCUT2D eigenvalue weighted by atomic mass is 10.1. The first-order valence-corrected chi connectivity index (χ1v) is 13.2. The number of rotatable bonds is 3. The lowest BCUT2D eigenvalue weighted by Gasteiger charge is -2.37. The summed E-state index contributed by atoms with van der Waals surface area (Å²) in [6, 6.07) is 8.26. The van der Waals surface area contributed by atoms with Gasteiger partial charge in [-0.2, -0.15) is 0 Å². The number of hydrogen-bond donors (Lipinski definition) is 0. The van der Waals surface area contributed by atoms with Gasteiger partial charge in [0.2, 0.25) is 0 Å². The molecule has 2 saturated heterocycles. The van der Waals surface area contributed by atoms with E-state index in [1.165, 1.54) is 16.1 Å². The van der Waals surface area contributed by atoms with E-state index in [0.717, 1.165) is 69.7 Å². The molecule has 0 radical (unpaired) electrons. The summed E-state index contributed by atoms with van der Waals surface area (Å²) >= 11 is 6.68. The van der Waals surface area contributed by atoms with Crippen LogP contribution in [0.4, 0.5) is 5.69 Å². The fourth-order valence-electron chi connectivity index (χ4n) is 5.46. The number of ether oxygens (including phenoxy) is 1. The Kier molecular flexibility index (Phi) is 5.33. The van der Waals surface area contributed by atoms with Crippen LogP contribution in [0.15, 0.2) is 58.7 Å². The second kappa shape index (κ2) is 8.18. The first-order chi connectivity index (χ1) is 15.2. The van der Waals surface area contributed by atoms with E-state index < -0.39 is 0 Å². The monoisotopic (exact) mass is 456 g/mol. The number of hydrogen-bond acceptors (Lipinski definition) is 5. The molecule has 7 heteroatoms. The number of anilines is 1. The molecular formula is C24H29ClN4OS. The summed E-state index contributed by atoms with van der Waals surface area (Å²) in [4.78, 5) is 13.4. The van der Waals surface area contributed by atoms with Gasteiger partial charge < -0.3 is 9.64 Å². The molecule has 5 aliphatic rings. The van der Waals surface area contributed by atoms with Crippen molar-refractivity contribution in [2.45, 2.75) is 12.6 Å². The molecule has 1 aromatic carbocycles. The van der Waals surface area contributed by atoms with E-state index in [2.05, 4.69) is 56.3 Å². The van der Waals surface area contributed by atoms with Gasteiger partial charge in [0.15, 0.2) is 0 Å². The molecule has 0 N–H and O–H groups in total. The molecule has 0 aromatic heterocycles. The maximum absolute atomic E-state index is 6.68. The zero-order chi connectivity index (χ0) is 20.9. The van der Waals surface area contributed by atoms with Crippen molar-refractivity contribution in [1.82, 2.24) is 14.7 Å². The van der Waals surface area contributed by atoms with E-state index in [4.69, 9.17) is 16.3 Å². The van der Waals surface area contributed by atoms with Gasteiger partial charge in [0, 0.05) is 42.9 Å². The third-order valence-electron chi connectivity index (χ3n) is 7.03. The molecule has 5 nitrogen and oxygen atoms in total. The van der Waals surface area contributed by atoms with Gasteiger partial charge in [0.25, 0.3) is 0 Å². The molecular weight excluding hydrogens is 428 g/mol. The van der Waals surface area contributed by atoms with Crippen molar-refractivity contribution >= 4 is 32.8 Å². The first kappa shape index (κ1) is 20.2. The van der Waals surface area contributed by atoms with Crippen LogP contribution in [0.3, 0.4) is 0 Å². The van der Waals surface area contributed by atoms with Crippen LogP contribution in [0.25, 0.3) is 0 Å². The predicted octanol–water partition coefficient (Wildman–Crippen LogP) is 3.53. The molecule has 2 unspecified atom stereocenters. The van der Waals surface area contributed by atoms with Crippen LogP contribution < -0.4 is 4.90 Å². The lowest BCUT2D eigenvalue weighted by Crippen LogP contribution is -2.51. The van der Waals surface area contributed by atoms with E-state index in [1.807, 2.05) is 12.1 Å². The maximum Gasteiger partial charge on any atom is 0.0864 e. The summed E-state index contributed by atoms with van der Waals surface area (Å²) < 4.78 is 5.58. The van der Waals surface area contributed by atoms with E-state index >= 15 is 0 Å². The van der Waals surface area contributed by atoms with Crippen LogP contribution in [-0.4, -0.2) is 84.7 Å². The summed E-state index contributed by atoms with van der Waals surface area (Å²) in [5, 5.41) is 0.819. The van der Waals surface area contributed by atoms with E-state index in [0.29, 0.717) is 6.17 Å². The Morgan fingerprint density at radius 3 is 2.81 bits per heavy atom. The Hall–Kier alpha value is -1.41. The summed E-state index contributed by atoms with van der Waals surface area (Å²) in [7, 11) is 0.132. The average Bonchev–Trinajstić information content (AvgIpc) is 3.44. The van der Waals surface area contributed by atoms with E-state index in [9.17, 15) is 0 Å². The number of nitrogens with zero attached hydrogens (tertiary/aromatic N) is 4. The van der Waals surface area contributed by atoms with Gasteiger partial charge in [-0.15, -0.1) is 10.5 Å². The fraction of sp³-hybridized carbons (Fsp3) is 0.458. The van der Waals surface area contributed by atoms with Crippen LogP contribution in [-0.2, 0) is 4.74 Å². The van der Waals surface area contributed by atoms with Gasteiger partial charge >= 0.3 is 0 Å². The normalized spacial score (nSPS) is 29.3. The Bertz CT molecular complexity index is 1030. The van der Waals surface area contributed by atoms with Crippen LogP contribution in [0.2, 0.25) is 5.02 Å². The number of allylic oxidation sites excluding steroid dienone is 2. The molecule has 0 bridgehead atoms. The minimum Gasteiger partial charge on any atom is -0.379 e. The summed E-state index contributed by atoms with van der Waals surface area (Å²) in [6.07, 6.45) is 10.9. The van der Waals surface area contributed by atoms with Crippen molar-refractivity contribution in [2.75, 3.05) is 63.8 Å². The zero-order valence-corrected chi connectivity index (χ0v) is 19.5. The largest absolute Gasteiger partial charge is 0.379 e. The molecule has 4 aliphatic heterocycles. The van der Waals surface area contributed by atoms with Gasteiger partial charge in [-0.3, -0.25) is 9.80 Å². The predicted molar refractivity (Wildman–Crippen MR) is 131 cm³/mol. The molecule has 0 spiro atoms. The van der Waals surface area contributed by atoms with E-state index in [1.54, 1.807) is 4.99 Å². The highest BCUT2D eigenvalue weighted by molar-refractivity contribution is 8.19. The third-order valence-corrected chi connectivity index (χ3v) is 9.42. The summed E-state index contributed by atoms with van der Waals surface area (Å²) in [5.41, 5.74) is 4.05. The molecule has 6 rings (SSSR count). The van der Waals surface area contributed by atoms with Crippen LogP contribution in [0, 0.1) is 0 Å². The number of morpholine rings is 1. The number of halogens is 1. The van der Waals surface area contributed by atoms with Crippen LogP contribution in [0.1, 0.15) is 6.42 Å². The summed E-state index contributed by atoms with van der Waals surface area (Å²) in [5.74, 6) is 0. The zero-order valence-electron chi connectivity index (χ0n) is 18.0. The van der Waals surface area contributed by atoms with Gasteiger partial charge in [0.1, 0.15) is 0 Å². The topological polar surface area (TPSA) is 22.2 Å². The molecule has 2 atom stereocenters. The van der Waals surface area contributed by atoms with Gasteiger partial charge in [0.05, 0.1) is 48.3 Å². The minimum atomic E-state index is 0.132. The number of benzene rings is 1. The van der Waals surface area contributed by atoms with E-state index in [-0.39, 0.29) is 10.5 Å². The number of para-hydroxylation sites is 1. The standard InChI is InChI=1S/C24H29ClN4OS/c1-31-22-8-4-5-18(22)19-15-28(21-7-3-2-6-20(21)25)16-23-27(9-10-29(23)24(19)31)17-26-11-13-30-14-12-26/h2-4,6-8,15,23H,5,9-14,16-17H2,1H3. The second-order valence-corrected chi connectivity index (χ2v) is 11.0. The molecule has 31 heavy (non-hydrogen) atoms. The van der Waals surface area contributed by atoms with Crippen molar-refractivity contribution in [3.05, 3.63) is 63.7 Å². The maximum atomic E-state index is 6.68. The highest BCUT2D eigenvalue weighted by Crippen LogP contribution is 2.48. The Balaban J connectivity index is 1.39. The molecule has 0 amide bonds.